The van der Waals surface area contributed by atoms with Crippen LogP contribution in [-0.2, 0) is 0 Å². The zero-order valence-corrected chi connectivity index (χ0v) is 12.1. The molecule has 1 saturated carbocycles. The highest BCUT2D eigenvalue weighted by atomic mass is 16.5. The van der Waals surface area contributed by atoms with E-state index in [2.05, 4.69) is 43.4 Å². The highest BCUT2D eigenvalue weighted by molar-refractivity contribution is 5.39. The van der Waals surface area contributed by atoms with E-state index in [0.717, 1.165) is 12.4 Å². The highest BCUT2D eigenvalue weighted by Crippen LogP contribution is 2.36. The van der Waals surface area contributed by atoms with Gasteiger partial charge in [0, 0.05) is 11.6 Å². The average molecular weight is 259 g/mol. The fourth-order valence-corrected chi connectivity index (χ4v) is 3.41. The van der Waals surface area contributed by atoms with E-state index in [1.165, 1.54) is 37.7 Å². The summed E-state index contributed by atoms with van der Waals surface area (Å²) in [7, 11) is 0. The van der Waals surface area contributed by atoms with Gasteiger partial charge in [0.25, 0.3) is 0 Å². The summed E-state index contributed by atoms with van der Waals surface area (Å²) in [5, 5.41) is 3.83. The zero-order chi connectivity index (χ0) is 13.3. The number of nitrogens with one attached hydrogen (secondary N) is 1. The highest BCUT2D eigenvalue weighted by Gasteiger charge is 2.29. The Kier molecular flexibility index (Phi) is 3.53. The van der Waals surface area contributed by atoms with Crippen molar-refractivity contribution in [2.75, 3.05) is 6.61 Å². The molecule has 1 N–H and O–H groups in total. The van der Waals surface area contributed by atoms with Gasteiger partial charge < -0.3 is 10.1 Å². The number of rotatable bonds is 2. The molecule has 1 aliphatic heterocycles. The van der Waals surface area contributed by atoms with Crippen molar-refractivity contribution >= 4 is 0 Å². The molecular weight excluding hydrogens is 234 g/mol. The predicted octanol–water partition coefficient (Wildman–Crippen LogP) is 4.07. The van der Waals surface area contributed by atoms with Crippen LogP contribution in [0.15, 0.2) is 24.3 Å². The number of hydrogen-bond acceptors (Lipinski definition) is 2. The van der Waals surface area contributed by atoms with E-state index in [4.69, 9.17) is 4.74 Å². The van der Waals surface area contributed by atoms with E-state index < -0.39 is 0 Å². The molecule has 3 rings (SSSR count). The van der Waals surface area contributed by atoms with Gasteiger partial charge in [0.15, 0.2) is 0 Å². The summed E-state index contributed by atoms with van der Waals surface area (Å²) in [5.74, 6) is 1.06. The molecule has 1 aromatic carbocycles. The first kappa shape index (κ1) is 13.0. The molecule has 104 valence electrons. The maximum absolute atomic E-state index is 5.76. The standard InChI is InChI=1S/C17H25NO/c1-17(2)10-5-6-13(9-11-17)18-15-12-19-16-8-4-3-7-14(15)16/h3-4,7-8,13,15,18H,5-6,9-12H2,1-2H3. The molecule has 2 unspecified atom stereocenters. The lowest BCUT2D eigenvalue weighted by Gasteiger charge is -2.23. The van der Waals surface area contributed by atoms with Crippen molar-refractivity contribution in [3.63, 3.8) is 0 Å². The van der Waals surface area contributed by atoms with E-state index in [1.54, 1.807) is 0 Å². The van der Waals surface area contributed by atoms with Crippen LogP contribution in [0, 0.1) is 5.41 Å². The molecule has 1 heterocycles. The van der Waals surface area contributed by atoms with Crippen LogP contribution in [0.4, 0.5) is 0 Å². The number of para-hydroxylation sites is 1. The normalized spacial score (nSPS) is 29.4. The second kappa shape index (κ2) is 5.16. The van der Waals surface area contributed by atoms with Crippen LogP contribution in [-0.4, -0.2) is 12.6 Å². The van der Waals surface area contributed by atoms with Crippen LogP contribution in [0.1, 0.15) is 57.6 Å². The molecule has 1 aromatic rings. The van der Waals surface area contributed by atoms with Crippen molar-refractivity contribution in [2.45, 2.75) is 58.0 Å². The smallest absolute Gasteiger partial charge is 0.124 e. The second-order valence-electron chi connectivity index (χ2n) is 6.86. The Balaban J connectivity index is 1.64. The van der Waals surface area contributed by atoms with Crippen molar-refractivity contribution < 1.29 is 4.74 Å². The van der Waals surface area contributed by atoms with Gasteiger partial charge in [-0.3, -0.25) is 0 Å². The third-order valence-corrected chi connectivity index (χ3v) is 4.71. The van der Waals surface area contributed by atoms with Gasteiger partial charge in [-0.1, -0.05) is 38.5 Å². The third kappa shape index (κ3) is 2.94. The van der Waals surface area contributed by atoms with Crippen molar-refractivity contribution in [1.82, 2.24) is 5.32 Å². The molecule has 2 aliphatic rings. The SMILES string of the molecule is CC1(C)CCCC(NC2COc3ccccc32)CC1. The Morgan fingerprint density at radius 3 is 2.89 bits per heavy atom. The van der Waals surface area contributed by atoms with Crippen LogP contribution in [0.3, 0.4) is 0 Å². The van der Waals surface area contributed by atoms with Crippen LogP contribution in [0.5, 0.6) is 5.75 Å². The average Bonchev–Trinajstić information content (AvgIpc) is 2.70. The molecule has 2 nitrogen and oxygen atoms in total. The van der Waals surface area contributed by atoms with E-state index >= 15 is 0 Å². The topological polar surface area (TPSA) is 21.3 Å². The first-order valence-electron chi connectivity index (χ1n) is 7.62. The van der Waals surface area contributed by atoms with Crippen molar-refractivity contribution in [3.05, 3.63) is 29.8 Å². The maximum Gasteiger partial charge on any atom is 0.124 e. The number of ether oxygens (including phenoxy) is 1. The van der Waals surface area contributed by atoms with Crippen molar-refractivity contribution in [1.29, 1.82) is 0 Å². The Morgan fingerprint density at radius 1 is 1.16 bits per heavy atom. The molecule has 1 fully saturated rings. The Bertz CT molecular complexity index is 441. The number of benzene rings is 1. The minimum absolute atomic E-state index is 0.391. The first-order valence-corrected chi connectivity index (χ1v) is 7.62. The Hall–Kier alpha value is -1.02. The van der Waals surface area contributed by atoms with Gasteiger partial charge in [-0.15, -0.1) is 0 Å². The van der Waals surface area contributed by atoms with E-state index in [9.17, 15) is 0 Å². The summed E-state index contributed by atoms with van der Waals surface area (Å²) in [5.41, 5.74) is 1.87. The molecular formula is C17H25NO. The van der Waals surface area contributed by atoms with Gasteiger partial charge >= 0.3 is 0 Å². The maximum atomic E-state index is 5.76. The van der Waals surface area contributed by atoms with E-state index in [1.807, 2.05) is 0 Å². The Morgan fingerprint density at radius 2 is 2.00 bits per heavy atom. The summed E-state index contributed by atoms with van der Waals surface area (Å²) in [4.78, 5) is 0. The molecule has 0 bridgehead atoms. The summed E-state index contributed by atoms with van der Waals surface area (Å²) >= 11 is 0. The molecule has 0 spiro atoms. The molecule has 0 saturated heterocycles. The molecule has 1 aliphatic carbocycles. The zero-order valence-electron chi connectivity index (χ0n) is 12.1. The van der Waals surface area contributed by atoms with Gasteiger partial charge in [0.2, 0.25) is 0 Å². The minimum Gasteiger partial charge on any atom is -0.491 e. The quantitative estimate of drug-likeness (QED) is 0.808. The van der Waals surface area contributed by atoms with Gasteiger partial charge in [-0.25, -0.2) is 0 Å². The largest absolute Gasteiger partial charge is 0.491 e. The third-order valence-electron chi connectivity index (χ3n) is 4.71. The Labute approximate surface area is 116 Å². The van der Waals surface area contributed by atoms with Gasteiger partial charge in [0.05, 0.1) is 6.04 Å². The lowest BCUT2D eigenvalue weighted by Crippen LogP contribution is -2.33. The van der Waals surface area contributed by atoms with Crippen LogP contribution < -0.4 is 10.1 Å². The molecule has 2 heteroatoms. The number of hydrogen-bond donors (Lipinski definition) is 1. The lowest BCUT2D eigenvalue weighted by atomic mass is 9.85. The second-order valence-corrected chi connectivity index (χ2v) is 6.86. The van der Waals surface area contributed by atoms with E-state index in [-0.39, 0.29) is 0 Å². The van der Waals surface area contributed by atoms with E-state index in [0.29, 0.717) is 17.5 Å². The lowest BCUT2D eigenvalue weighted by molar-refractivity contribution is 0.282. The van der Waals surface area contributed by atoms with Crippen molar-refractivity contribution in [2.24, 2.45) is 5.41 Å². The minimum atomic E-state index is 0.391. The van der Waals surface area contributed by atoms with Gasteiger partial charge in [-0.05, 0) is 37.2 Å². The summed E-state index contributed by atoms with van der Waals surface area (Å²) in [6, 6.07) is 9.48. The van der Waals surface area contributed by atoms with Crippen LogP contribution in [0.2, 0.25) is 0 Å². The summed E-state index contributed by atoms with van der Waals surface area (Å²) in [6.45, 7) is 5.60. The summed E-state index contributed by atoms with van der Waals surface area (Å²) < 4.78 is 5.76. The molecule has 19 heavy (non-hydrogen) atoms. The molecule has 0 aromatic heterocycles. The molecule has 0 radical (unpaired) electrons. The van der Waals surface area contributed by atoms with Gasteiger partial charge in [0.1, 0.15) is 12.4 Å². The molecule has 0 amide bonds. The first-order chi connectivity index (χ1) is 9.14. The fraction of sp³-hybridized carbons (Fsp3) is 0.647. The fourth-order valence-electron chi connectivity index (χ4n) is 3.41. The van der Waals surface area contributed by atoms with Gasteiger partial charge in [-0.2, -0.15) is 0 Å². The van der Waals surface area contributed by atoms with Crippen molar-refractivity contribution in [3.8, 4) is 5.75 Å². The predicted molar refractivity (Wildman–Crippen MR) is 78.5 cm³/mol. The monoisotopic (exact) mass is 259 g/mol. The van der Waals surface area contributed by atoms with Crippen LogP contribution in [0.25, 0.3) is 0 Å². The molecule has 2 atom stereocenters. The number of fused-ring (bicyclic) bond motifs is 1. The van der Waals surface area contributed by atoms with Crippen LogP contribution >= 0.6 is 0 Å². The summed E-state index contributed by atoms with van der Waals surface area (Å²) in [6.07, 6.45) is 6.65.